The predicted molar refractivity (Wildman–Crippen MR) is 255 cm³/mol. The Hall–Kier alpha value is -1.92. The highest BCUT2D eigenvalue weighted by Gasteiger charge is 2.24. The summed E-state index contributed by atoms with van der Waals surface area (Å²) in [7, 11) is 0. The van der Waals surface area contributed by atoms with Gasteiger partial charge in [-0.05, 0) is 77.0 Å². The van der Waals surface area contributed by atoms with Gasteiger partial charge in [0.2, 0.25) is 5.91 Å². The maximum atomic E-state index is 13.2. The molecule has 0 rings (SSSR count). The topological polar surface area (TPSA) is 95.9 Å². The Balaban J connectivity index is 4.57. The van der Waals surface area contributed by atoms with Crippen molar-refractivity contribution >= 4 is 11.9 Å². The van der Waals surface area contributed by atoms with Gasteiger partial charge in [0.05, 0.1) is 25.2 Å². The van der Waals surface area contributed by atoms with Crippen LogP contribution < -0.4 is 5.32 Å². The van der Waals surface area contributed by atoms with Gasteiger partial charge >= 0.3 is 5.97 Å². The van der Waals surface area contributed by atoms with E-state index in [1.165, 1.54) is 141 Å². The first-order valence-corrected chi connectivity index (χ1v) is 25.7. The second-order valence-corrected chi connectivity index (χ2v) is 17.6. The van der Waals surface area contributed by atoms with Gasteiger partial charge in [0.15, 0.2) is 0 Å². The van der Waals surface area contributed by atoms with Gasteiger partial charge in [0.1, 0.15) is 6.10 Å². The molecule has 0 saturated heterocycles. The largest absolute Gasteiger partial charge is 0.462 e. The Labute approximate surface area is 366 Å². The molecular weight excluding hydrogens is 731 g/mol. The summed E-state index contributed by atoms with van der Waals surface area (Å²) in [5, 5.41) is 23.7. The number of nitrogens with one attached hydrogen (secondary N) is 1. The van der Waals surface area contributed by atoms with Crippen molar-refractivity contribution in [3.05, 3.63) is 36.5 Å². The van der Waals surface area contributed by atoms with Crippen LogP contribution in [-0.2, 0) is 14.3 Å². The molecule has 3 unspecified atom stereocenters. The van der Waals surface area contributed by atoms with Gasteiger partial charge in [0.25, 0.3) is 0 Å². The highest BCUT2D eigenvalue weighted by Crippen LogP contribution is 2.17. The van der Waals surface area contributed by atoms with Gasteiger partial charge in [-0.25, -0.2) is 0 Å². The van der Waals surface area contributed by atoms with Crippen molar-refractivity contribution in [1.29, 1.82) is 0 Å². The zero-order valence-corrected chi connectivity index (χ0v) is 39.4. The Morgan fingerprint density at radius 1 is 0.492 bits per heavy atom. The van der Waals surface area contributed by atoms with Crippen LogP contribution in [0, 0.1) is 0 Å². The number of carbonyl (C=O) groups is 2. The monoisotopic (exact) mass is 830 g/mol. The van der Waals surface area contributed by atoms with Crippen LogP contribution in [0.4, 0.5) is 0 Å². The molecule has 0 saturated carbocycles. The van der Waals surface area contributed by atoms with Crippen LogP contribution >= 0.6 is 0 Å². The molecular formula is C53H99NO5. The molecule has 0 aromatic heterocycles. The van der Waals surface area contributed by atoms with Crippen molar-refractivity contribution in [2.24, 2.45) is 0 Å². The first kappa shape index (κ1) is 57.1. The van der Waals surface area contributed by atoms with Crippen molar-refractivity contribution in [2.45, 2.75) is 283 Å². The maximum absolute atomic E-state index is 13.2. The molecule has 6 heteroatoms. The molecule has 0 aliphatic heterocycles. The SMILES string of the molecule is CCCCCC/C=C\CCCCCCCC(CC(=O)NC(CO)C(O)CCCCCCCCCCC)OC(=O)CCCCCCC/C=C/C=C/CCCCCCCCC. The molecule has 0 aliphatic rings. The molecule has 0 aliphatic carbocycles. The van der Waals surface area contributed by atoms with Crippen LogP contribution in [0.25, 0.3) is 0 Å². The van der Waals surface area contributed by atoms with Gasteiger partial charge in [-0.2, -0.15) is 0 Å². The average Bonchev–Trinajstić information content (AvgIpc) is 3.23. The molecule has 0 spiro atoms. The van der Waals surface area contributed by atoms with Gasteiger partial charge < -0.3 is 20.3 Å². The average molecular weight is 830 g/mol. The van der Waals surface area contributed by atoms with Crippen LogP contribution in [0.15, 0.2) is 36.5 Å². The third-order valence-electron chi connectivity index (χ3n) is 11.7. The fraction of sp³-hybridized carbons (Fsp3) is 0.849. The van der Waals surface area contributed by atoms with E-state index < -0.39 is 18.2 Å². The fourth-order valence-electron chi connectivity index (χ4n) is 7.77. The lowest BCUT2D eigenvalue weighted by atomic mass is 10.0. The zero-order chi connectivity index (χ0) is 43.1. The molecule has 0 bridgehead atoms. The van der Waals surface area contributed by atoms with E-state index in [9.17, 15) is 19.8 Å². The van der Waals surface area contributed by atoms with Gasteiger partial charge in [-0.3, -0.25) is 9.59 Å². The summed E-state index contributed by atoms with van der Waals surface area (Å²) in [6, 6.07) is -0.704. The summed E-state index contributed by atoms with van der Waals surface area (Å²) in [4.78, 5) is 26.1. The van der Waals surface area contributed by atoms with Crippen LogP contribution in [0.5, 0.6) is 0 Å². The Kier molecular flexibility index (Phi) is 45.6. The number of rotatable bonds is 46. The van der Waals surface area contributed by atoms with Crippen molar-refractivity contribution in [1.82, 2.24) is 5.32 Å². The molecule has 346 valence electrons. The molecule has 6 nitrogen and oxygen atoms in total. The molecule has 3 atom stereocenters. The van der Waals surface area contributed by atoms with Crippen molar-refractivity contribution < 1.29 is 24.5 Å². The number of unbranched alkanes of at least 4 members (excludes halogenated alkanes) is 29. The highest BCUT2D eigenvalue weighted by atomic mass is 16.5. The number of aliphatic hydroxyl groups excluding tert-OH is 2. The summed E-state index contributed by atoms with van der Waals surface area (Å²) >= 11 is 0. The zero-order valence-electron chi connectivity index (χ0n) is 39.4. The number of hydrogen-bond acceptors (Lipinski definition) is 5. The fourth-order valence-corrected chi connectivity index (χ4v) is 7.77. The summed E-state index contributed by atoms with van der Waals surface area (Å²) in [5.41, 5.74) is 0. The van der Waals surface area contributed by atoms with Crippen LogP contribution in [0.2, 0.25) is 0 Å². The number of ether oxygens (including phenoxy) is 1. The number of esters is 1. The molecule has 1 amide bonds. The Morgan fingerprint density at radius 3 is 1.32 bits per heavy atom. The van der Waals surface area contributed by atoms with Crippen LogP contribution in [0.1, 0.15) is 265 Å². The lowest BCUT2D eigenvalue weighted by Gasteiger charge is -2.24. The van der Waals surface area contributed by atoms with Crippen LogP contribution in [-0.4, -0.2) is 46.9 Å². The molecule has 0 aromatic rings. The lowest BCUT2D eigenvalue weighted by molar-refractivity contribution is -0.151. The molecule has 0 aromatic carbocycles. The molecule has 0 fully saturated rings. The van der Waals surface area contributed by atoms with E-state index >= 15 is 0 Å². The van der Waals surface area contributed by atoms with E-state index in [0.717, 1.165) is 77.0 Å². The van der Waals surface area contributed by atoms with Gasteiger partial charge in [0, 0.05) is 6.42 Å². The predicted octanol–water partition coefficient (Wildman–Crippen LogP) is 15.3. The van der Waals surface area contributed by atoms with E-state index in [0.29, 0.717) is 19.3 Å². The summed E-state index contributed by atoms with van der Waals surface area (Å²) in [6.45, 7) is 6.45. The minimum Gasteiger partial charge on any atom is -0.462 e. The maximum Gasteiger partial charge on any atom is 0.306 e. The van der Waals surface area contributed by atoms with Crippen molar-refractivity contribution in [3.63, 3.8) is 0 Å². The smallest absolute Gasteiger partial charge is 0.306 e. The Bertz CT molecular complexity index is 977. The Morgan fingerprint density at radius 2 is 0.864 bits per heavy atom. The van der Waals surface area contributed by atoms with Crippen LogP contribution in [0.3, 0.4) is 0 Å². The van der Waals surface area contributed by atoms with Crippen molar-refractivity contribution in [3.8, 4) is 0 Å². The number of aliphatic hydroxyl groups is 2. The third-order valence-corrected chi connectivity index (χ3v) is 11.7. The number of allylic oxidation sites excluding steroid dienone is 6. The summed E-state index contributed by atoms with van der Waals surface area (Å²) < 4.78 is 5.92. The number of carbonyl (C=O) groups excluding carboxylic acids is 2. The van der Waals surface area contributed by atoms with Gasteiger partial charge in [-0.1, -0.05) is 211 Å². The number of amides is 1. The number of hydrogen-bond donors (Lipinski definition) is 3. The summed E-state index contributed by atoms with van der Waals surface area (Å²) in [5.74, 6) is -0.494. The molecule has 3 N–H and O–H groups in total. The van der Waals surface area contributed by atoms with E-state index in [1.807, 2.05) is 0 Å². The molecule has 59 heavy (non-hydrogen) atoms. The second-order valence-electron chi connectivity index (χ2n) is 17.6. The van der Waals surface area contributed by atoms with E-state index in [1.54, 1.807) is 0 Å². The second kappa shape index (κ2) is 47.1. The lowest BCUT2D eigenvalue weighted by Crippen LogP contribution is -2.46. The molecule has 0 radical (unpaired) electrons. The first-order chi connectivity index (χ1) is 29.0. The van der Waals surface area contributed by atoms with E-state index in [-0.39, 0.29) is 24.9 Å². The third kappa shape index (κ3) is 42.6. The minimum atomic E-state index is -0.789. The first-order valence-electron chi connectivity index (χ1n) is 25.7. The quantitative estimate of drug-likeness (QED) is 0.0246. The highest BCUT2D eigenvalue weighted by molar-refractivity contribution is 5.77. The minimum absolute atomic E-state index is 0.0673. The summed E-state index contributed by atoms with van der Waals surface area (Å²) in [6.07, 6.45) is 54.9. The van der Waals surface area contributed by atoms with E-state index in [4.69, 9.17) is 4.74 Å². The van der Waals surface area contributed by atoms with E-state index in [2.05, 4.69) is 62.5 Å². The van der Waals surface area contributed by atoms with Crippen molar-refractivity contribution in [2.75, 3.05) is 6.61 Å². The molecule has 0 heterocycles. The standard InChI is InChI=1S/C53H99NO5/c1-4-7-10-13-16-19-21-23-24-25-26-27-29-31-34-37-40-43-46-53(58)59-49(44-41-38-35-33-30-28-22-20-17-14-11-8-5-2)47-52(57)54-50(48-55)51(56)45-42-39-36-32-18-15-12-9-6-3/h20,22,24-27,49-51,55-56H,4-19,21,23,28-48H2,1-3H3,(H,54,57)/b22-20-,25-24+,27-26+. The normalized spacial score (nSPS) is 13.5. The van der Waals surface area contributed by atoms with Gasteiger partial charge in [-0.15, -0.1) is 0 Å².